The van der Waals surface area contributed by atoms with Crippen molar-refractivity contribution in [2.75, 3.05) is 13.2 Å². The van der Waals surface area contributed by atoms with Crippen molar-refractivity contribution in [1.29, 1.82) is 0 Å². The van der Waals surface area contributed by atoms with Gasteiger partial charge >= 0.3 is 0 Å². The van der Waals surface area contributed by atoms with E-state index < -0.39 is 0 Å². The maximum absolute atomic E-state index is 6.12. The lowest BCUT2D eigenvalue weighted by molar-refractivity contribution is 0.169. The van der Waals surface area contributed by atoms with E-state index in [4.69, 9.17) is 15.2 Å². The number of para-hydroxylation sites is 1. The van der Waals surface area contributed by atoms with Gasteiger partial charge in [0.1, 0.15) is 13.2 Å². The normalized spacial score (nSPS) is 15.6. The monoisotopic (exact) mass is 219 g/mol. The summed E-state index contributed by atoms with van der Waals surface area (Å²) in [6, 6.07) is 5.85. The molecule has 86 valence electrons. The van der Waals surface area contributed by atoms with Crippen LogP contribution in [0.15, 0.2) is 30.9 Å². The van der Waals surface area contributed by atoms with Crippen LogP contribution in [0.25, 0.3) is 0 Å². The Morgan fingerprint density at radius 1 is 1.38 bits per heavy atom. The maximum atomic E-state index is 6.12. The summed E-state index contributed by atoms with van der Waals surface area (Å²) < 4.78 is 11.1. The van der Waals surface area contributed by atoms with Gasteiger partial charge in [-0.1, -0.05) is 18.2 Å². The van der Waals surface area contributed by atoms with Crippen molar-refractivity contribution in [2.24, 2.45) is 5.73 Å². The number of allylic oxidation sites excluding steroid dienone is 1. The average Bonchev–Trinajstić information content (AvgIpc) is 2.35. The minimum atomic E-state index is -0.0188. The van der Waals surface area contributed by atoms with Gasteiger partial charge in [-0.05, 0) is 18.9 Å². The van der Waals surface area contributed by atoms with Gasteiger partial charge in [-0.25, -0.2) is 0 Å². The zero-order valence-electron chi connectivity index (χ0n) is 9.32. The summed E-state index contributed by atoms with van der Waals surface area (Å²) in [5.74, 6) is 1.61. The topological polar surface area (TPSA) is 44.5 Å². The van der Waals surface area contributed by atoms with Crippen molar-refractivity contribution < 1.29 is 9.47 Å². The molecule has 1 aromatic rings. The van der Waals surface area contributed by atoms with Gasteiger partial charge in [0.15, 0.2) is 11.5 Å². The molecule has 3 heteroatoms. The number of fused-ring (bicyclic) bond motifs is 1. The lowest BCUT2D eigenvalue weighted by Crippen LogP contribution is -2.19. The molecule has 1 aromatic carbocycles. The Morgan fingerprint density at radius 3 is 3.00 bits per heavy atom. The van der Waals surface area contributed by atoms with Gasteiger partial charge in [-0.3, -0.25) is 0 Å². The van der Waals surface area contributed by atoms with Crippen molar-refractivity contribution in [3.63, 3.8) is 0 Å². The van der Waals surface area contributed by atoms with Crippen LogP contribution in [0.5, 0.6) is 11.5 Å². The fraction of sp³-hybridized carbons (Fsp3) is 0.385. The number of rotatable bonds is 4. The van der Waals surface area contributed by atoms with Gasteiger partial charge in [-0.15, -0.1) is 6.58 Å². The van der Waals surface area contributed by atoms with Crippen molar-refractivity contribution in [1.82, 2.24) is 0 Å². The standard InChI is InChI=1S/C13H17NO2/c1-2-3-6-11(14)10-5-4-7-12-13(10)16-9-8-15-12/h2,4-5,7,11H,1,3,6,8-9,14H2. The molecule has 0 bridgehead atoms. The van der Waals surface area contributed by atoms with Crippen molar-refractivity contribution >= 4 is 0 Å². The summed E-state index contributed by atoms with van der Waals surface area (Å²) in [5.41, 5.74) is 7.15. The van der Waals surface area contributed by atoms with Crippen LogP contribution in [0.2, 0.25) is 0 Å². The van der Waals surface area contributed by atoms with Gasteiger partial charge in [0.05, 0.1) is 0 Å². The number of nitrogens with two attached hydrogens (primary N) is 1. The second kappa shape index (κ2) is 5.03. The molecule has 1 aliphatic heterocycles. The quantitative estimate of drug-likeness (QED) is 0.791. The molecule has 0 saturated carbocycles. The van der Waals surface area contributed by atoms with Crippen LogP contribution >= 0.6 is 0 Å². The Kier molecular flexibility index (Phi) is 3.47. The highest BCUT2D eigenvalue weighted by molar-refractivity contribution is 5.48. The van der Waals surface area contributed by atoms with Crippen LogP contribution in [-0.4, -0.2) is 13.2 Å². The molecule has 1 heterocycles. The minimum Gasteiger partial charge on any atom is -0.486 e. The lowest BCUT2D eigenvalue weighted by Gasteiger charge is -2.23. The summed E-state index contributed by atoms with van der Waals surface area (Å²) in [5, 5.41) is 0. The molecular formula is C13H17NO2. The first-order valence-electron chi connectivity index (χ1n) is 5.58. The van der Waals surface area contributed by atoms with Crippen LogP contribution in [-0.2, 0) is 0 Å². The summed E-state index contributed by atoms with van der Waals surface area (Å²) >= 11 is 0. The van der Waals surface area contributed by atoms with Crippen LogP contribution in [0, 0.1) is 0 Å². The van der Waals surface area contributed by atoms with E-state index in [-0.39, 0.29) is 6.04 Å². The number of benzene rings is 1. The Balaban J connectivity index is 2.22. The summed E-state index contributed by atoms with van der Waals surface area (Å²) in [6.45, 7) is 4.91. The maximum Gasteiger partial charge on any atom is 0.166 e. The third kappa shape index (κ3) is 2.19. The smallest absolute Gasteiger partial charge is 0.166 e. The molecule has 1 atom stereocenters. The van der Waals surface area contributed by atoms with Crippen LogP contribution in [0.1, 0.15) is 24.4 Å². The predicted molar refractivity (Wildman–Crippen MR) is 63.8 cm³/mol. The largest absolute Gasteiger partial charge is 0.486 e. The highest BCUT2D eigenvalue weighted by Crippen LogP contribution is 2.37. The van der Waals surface area contributed by atoms with Crippen LogP contribution in [0.3, 0.4) is 0 Å². The molecule has 0 saturated heterocycles. The highest BCUT2D eigenvalue weighted by atomic mass is 16.6. The lowest BCUT2D eigenvalue weighted by atomic mass is 10.0. The van der Waals surface area contributed by atoms with Gasteiger partial charge < -0.3 is 15.2 Å². The molecule has 1 aliphatic rings. The molecule has 0 spiro atoms. The highest BCUT2D eigenvalue weighted by Gasteiger charge is 2.19. The molecule has 0 aliphatic carbocycles. The van der Waals surface area contributed by atoms with Crippen LogP contribution < -0.4 is 15.2 Å². The first-order valence-corrected chi connectivity index (χ1v) is 5.58. The van der Waals surface area contributed by atoms with E-state index in [1.165, 1.54) is 0 Å². The first kappa shape index (κ1) is 11.0. The molecular weight excluding hydrogens is 202 g/mol. The first-order chi connectivity index (χ1) is 7.83. The van der Waals surface area contributed by atoms with E-state index in [2.05, 4.69) is 6.58 Å². The molecule has 16 heavy (non-hydrogen) atoms. The van der Waals surface area contributed by atoms with E-state index in [1.54, 1.807) is 0 Å². The fourth-order valence-corrected chi connectivity index (χ4v) is 1.84. The van der Waals surface area contributed by atoms with E-state index >= 15 is 0 Å². The summed E-state index contributed by atoms with van der Waals surface area (Å²) in [4.78, 5) is 0. The van der Waals surface area contributed by atoms with E-state index in [1.807, 2.05) is 24.3 Å². The van der Waals surface area contributed by atoms with Crippen molar-refractivity contribution in [3.05, 3.63) is 36.4 Å². The second-order valence-corrected chi connectivity index (χ2v) is 3.84. The predicted octanol–water partition coefficient (Wildman–Crippen LogP) is 2.42. The van der Waals surface area contributed by atoms with Crippen LogP contribution in [0.4, 0.5) is 0 Å². The molecule has 0 amide bonds. The van der Waals surface area contributed by atoms with E-state index in [0.29, 0.717) is 13.2 Å². The Labute approximate surface area is 95.9 Å². The zero-order chi connectivity index (χ0) is 11.4. The summed E-state index contributed by atoms with van der Waals surface area (Å²) in [6.07, 6.45) is 3.67. The molecule has 3 nitrogen and oxygen atoms in total. The molecule has 0 aromatic heterocycles. The third-order valence-corrected chi connectivity index (χ3v) is 2.68. The van der Waals surface area contributed by atoms with Gasteiger partial charge in [0.2, 0.25) is 0 Å². The van der Waals surface area contributed by atoms with Gasteiger partial charge in [0, 0.05) is 11.6 Å². The Morgan fingerprint density at radius 2 is 2.19 bits per heavy atom. The van der Waals surface area contributed by atoms with Gasteiger partial charge in [-0.2, -0.15) is 0 Å². The van der Waals surface area contributed by atoms with Crippen molar-refractivity contribution in [3.8, 4) is 11.5 Å². The SMILES string of the molecule is C=CCCC(N)c1cccc2c1OCCO2. The number of ether oxygens (including phenoxy) is 2. The number of hydrogen-bond acceptors (Lipinski definition) is 3. The second-order valence-electron chi connectivity index (χ2n) is 3.84. The summed E-state index contributed by atoms with van der Waals surface area (Å²) in [7, 11) is 0. The molecule has 0 fully saturated rings. The third-order valence-electron chi connectivity index (χ3n) is 2.68. The Bertz CT molecular complexity index is 376. The van der Waals surface area contributed by atoms with E-state index in [0.717, 1.165) is 29.9 Å². The molecule has 1 unspecified atom stereocenters. The van der Waals surface area contributed by atoms with Gasteiger partial charge in [0.25, 0.3) is 0 Å². The zero-order valence-corrected chi connectivity index (χ0v) is 9.32. The molecule has 2 rings (SSSR count). The average molecular weight is 219 g/mol. The minimum absolute atomic E-state index is 0.0188. The van der Waals surface area contributed by atoms with Crippen molar-refractivity contribution in [2.45, 2.75) is 18.9 Å². The van der Waals surface area contributed by atoms with E-state index in [9.17, 15) is 0 Å². The molecule has 0 radical (unpaired) electrons. The molecule has 2 N–H and O–H groups in total. The Hall–Kier alpha value is -1.48. The number of hydrogen-bond donors (Lipinski definition) is 1. The fourth-order valence-electron chi connectivity index (χ4n) is 1.84.